The number of rotatable bonds is 20. The number of hydrogen-bond donors (Lipinski definition) is 1. The van der Waals surface area contributed by atoms with Crippen LogP contribution in [0, 0.1) is 0 Å². The SMILES string of the molecule is CCCCCCCCCCCCCCCCNCCOc1ccc(OC)cc1. The Labute approximate surface area is 174 Å². The molecule has 0 radical (unpaired) electrons. The summed E-state index contributed by atoms with van der Waals surface area (Å²) in [6, 6.07) is 7.76. The van der Waals surface area contributed by atoms with Crippen molar-refractivity contribution < 1.29 is 9.47 Å². The van der Waals surface area contributed by atoms with E-state index in [0.29, 0.717) is 6.61 Å². The summed E-state index contributed by atoms with van der Waals surface area (Å²) in [4.78, 5) is 0. The predicted molar refractivity (Wildman–Crippen MR) is 122 cm³/mol. The van der Waals surface area contributed by atoms with Crippen LogP contribution in [0.4, 0.5) is 0 Å². The molecule has 3 nitrogen and oxygen atoms in total. The molecule has 3 heteroatoms. The fourth-order valence-corrected chi connectivity index (χ4v) is 3.48. The molecule has 1 aromatic carbocycles. The monoisotopic (exact) mass is 391 g/mol. The van der Waals surface area contributed by atoms with Gasteiger partial charge in [-0.05, 0) is 37.2 Å². The summed E-state index contributed by atoms with van der Waals surface area (Å²) >= 11 is 0. The van der Waals surface area contributed by atoms with Gasteiger partial charge in [0.2, 0.25) is 0 Å². The van der Waals surface area contributed by atoms with E-state index in [0.717, 1.165) is 24.6 Å². The van der Waals surface area contributed by atoms with Crippen LogP contribution in [0.25, 0.3) is 0 Å². The second kappa shape index (κ2) is 19.1. The van der Waals surface area contributed by atoms with E-state index in [9.17, 15) is 0 Å². The molecule has 1 rings (SSSR count). The molecule has 0 aromatic heterocycles. The van der Waals surface area contributed by atoms with E-state index in [2.05, 4.69) is 12.2 Å². The molecule has 28 heavy (non-hydrogen) atoms. The Morgan fingerprint density at radius 2 is 1.07 bits per heavy atom. The minimum atomic E-state index is 0.713. The lowest BCUT2D eigenvalue weighted by Crippen LogP contribution is -2.22. The van der Waals surface area contributed by atoms with Gasteiger partial charge in [-0.15, -0.1) is 0 Å². The highest BCUT2D eigenvalue weighted by Crippen LogP contribution is 2.16. The first-order valence-electron chi connectivity index (χ1n) is 11.8. The Balaban J connectivity index is 1.74. The van der Waals surface area contributed by atoms with Gasteiger partial charge in [0.15, 0.2) is 0 Å². The van der Waals surface area contributed by atoms with Crippen molar-refractivity contribution in [1.82, 2.24) is 5.32 Å². The molecule has 0 bridgehead atoms. The standard InChI is InChI=1S/C25H45NO2/c1-3-4-5-6-7-8-9-10-11-12-13-14-15-16-21-26-22-23-28-25-19-17-24(27-2)18-20-25/h17-20,26H,3-16,21-23H2,1-2H3. The van der Waals surface area contributed by atoms with Gasteiger partial charge < -0.3 is 14.8 Å². The van der Waals surface area contributed by atoms with Gasteiger partial charge >= 0.3 is 0 Å². The van der Waals surface area contributed by atoms with Crippen molar-refractivity contribution in [2.75, 3.05) is 26.8 Å². The molecule has 0 aliphatic rings. The quantitative estimate of drug-likeness (QED) is 0.239. The average molecular weight is 392 g/mol. The smallest absolute Gasteiger partial charge is 0.119 e. The third-order valence-electron chi connectivity index (χ3n) is 5.31. The lowest BCUT2D eigenvalue weighted by atomic mass is 10.0. The van der Waals surface area contributed by atoms with Gasteiger partial charge in [-0.2, -0.15) is 0 Å². The van der Waals surface area contributed by atoms with E-state index >= 15 is 0 Å². The molecule has 0 spiro atoms. The molecular weight excluding hydrogens is 346 g/mol. The van der Waals surface area contributed by atoms with E-state index in [4.69, 9.17) is 9.47 Å². The maximum Gasteiger partial charge on any atom is 0.119 e. The molecule has 0 aliphatic heterocycles. The first-order chi connectivity index (χ1) is 13.9. The maximum absolute atomic E-state index is 5.71. The van der Waals surface area contributed by atoms with Crippen molar-refractivity contribution in [2.24, 2.45) is 0 Å². The Hall–Kier alpha value is -1.22. The zero-order chi connectivity index (χ0) is 20.1. The van der Waals surface area contributed by atoms with Gasteiger partial charge in [-0.25, -0.2) is 0 Å². The fraction of sp³-hybridized carbons (Fsp3) is 0.760. The Morgan fingerprint density at radius 3 is 1.57 bits per heavy atom. The number of ether oxygens (including phenoxy) is 2. The molecule has 0 amide bonds. The summed E-state index contributed by atoms with van der Waals surface area (Å²) in [6.45, 7) is 5.01. The molecule has 0 saturated carbocycles. The van der Waals surface area contributed by atoms with Gasteiger partial charge in [-0.1, -0.05) is 90.4 Å². The number of hydrogen-bond acceptors (Lipinski definition) is 3. The van der Waals surface area contributed by atoms with E-state index < -0.39 is 0 Å². The van der Waals surface area contributed by atoms with E-state index in [1.54, 1.807) is 7.11 Å². The van der Waals surface area contributed by atoms with Gasteiger partial charge in [-0.3, -0.25) is 0 Å². The first-order valence-corrected chi connectivity index (χ1v) is 11.8. The number of nitrogens with one attached hydrogen (secondary N) is 1. The zero-order valence-electron chi connectivity index (χ0n) is 18.6. The topological polar surface area (TPSA) is 30.5 Å². The molecular formula is C25H45NO2. The largest absolute Gasteiger partial charge is 0.497 e. The van der Waals surface area contributed by atoms with Crippen LogP contribution < -0.4 is 14.8 Å². The van der Waals surface area contributed by atoms with Crippen LogP contribution in [0.3, 0.4) is 0 Å². The minimum Gasteiger partial charge on any atom is -0.497 e. The van der Waals surface area contributed by atoms with E-state index in [1.165, 1.54) is 89.9 Å². The molecule has 0 saturated heterocycles. The summed E-state index contributed by atoms with van der Waals surface area (Å²) in [7, 11) is 1.68. The Kier molecular flexibility index (Phi) is 16.9. The van der Waals surface area contributed by atoms with Crippen LogP contribution in [0.2, 0.25) is 0 Å². The minimum absolute atomic E-state index is 0.713. The van der Waals surface area contributed by atoms with Crippen molar-refractivity contribution >= 4 is 0 Å². The van der Waals surface area contributed by atoms with Crippen molar-refractivity contribution in [2.45, 2.75) is 96.8 Å². The highest BCUT2D eigenvalue weighted by Gasteiger charge is 1.96. The van der Waals surface area contributed by atoms with Gasteiger partial charge in [0, 0.05) is 6.54 Å². The highest BCUT2D eigenvalue weighted by molar-refractivity contribution is 5.31. The predicted octanol–water partition coefficient (Wildman–Crippen LogP) is 7.14. The fourth-order valence-electron chi connectivity index (χ4n) is 3.48. The Morgan fingerprint density at radius 1 is 0.607 bits per heavy atom. The van der Waals surface area contributed by atoms with Crippen molar-refractivity contribution in [3.8, 4) is 11.5 Å². The van der Waals surface area contributed by atoms with Crippen LogP contribution in [-0.2, 0) is 0 Å². The highest BCUT2D eigenvalue weighted by atomic mass is 16.5. The number of methoxy groups -OCH3 is 1. The lowest BCUT2D eigenvalue weighted by Gasteiger charge is -2.08. The molecule has 162 valence electrons. The van der Waals surface area contributed by atoms with E-state index in [-0.39, 0.29) is 0 Å². The van der Waals surface area contributed by atoms with Gasteiger partial charge in [0.05, 0.1) is 7.11 Å². The van der Waals surface area contributed by atoms with E-state index in [1.807, 2.05) is 24.3 Å². The second-order valence-electron chi connectivity index (χ2n) is 7.87. The summed E-state index contributed by atoms with van der Waals surface area (Å²) in [5.41, 5.74) is 0. The van der Waals surface area contributed by atoms with Crippen LogP contribution in [0.5, 0.6) is 11.5 Å². The molecule has 1 aromatic rings. The third-order valence-corrected chi connectivity index (χ3v) is 5.31. The lowest BCUT2D eigenvalue weighted by molar-refractivity contribution is 0.312. The summed E-state index contributed by atoms with van der Waals surface area (Å²) in [6.07, 6.45) is 19.8. The normalized spacial score (nSPS) is 10.9. The van der Waals surface area contributed by atoms with Crippen molar-refractivity contribution in [3.05, 3.63) is 24.3 Å². The van der Waals surface area contributed by atoms with Gasteiger partial charge in [0.25, 0.3) is 0 Å². The maximum atomic E-state index is 5.71. The first kappa shape index (κ1) is 24.8. The second-order valence-corrected chi connectivity index (χ2v) is 7.87. The summed E-state index contributed by atoms with van der Waals surface area (Å²) in [5.74, 6) is 1.77. The van der Waals surface area contributed by atoms with Crippen LogP contribution in [0.15, 0.2) is 24.3 Å². The number of unbranched alkanes of at least 4 members (excludes halogenated alkanes) is 13. The van der Waals surface area contributed by atoms with Gasteiger partial charge in [0.1, 0.15) is 18.1 Å². The molecule has 1 N–H and O–H groups in total. The summed E-state index contributed by atoms with van der Waals surface area (Å²) in [5, 5.41) is 3.47. The molecule has 0 atom stereocenters. The van der Waals surface area contributed by atoms with Crippen LogP contribution >= 0.6 is 0 Å². The Bertz CT molecular complexity index is 433. The summed E-state index contributed by atoms with van der Waals surface area (Å²) < 4.78 is 10.9. The van der Waals surface area contributed by atoms with Crippen LogP contribution in [0.1, 0.15) is 96.8 Å². The number of benzene rings is 1. The zero-order valence-corrected chi connectivity index (χ0v) is 18.6. The molecule has 0 heterocycles. The molecule has 0 unspecified atom stereocenters. The molecule has 0 fully saturated rings. The van der Waals surface area contributed by atoms with Crippen molar-refractivity contribution in [1.29, 1.82) is 0 Å². The molecule has 0 aliphatic carbocycles. The van der Waals surface area contributed by atoms with Crippen molar-refractivity contribution in [3.63, 3.8) is 0 Å². The average Bonchev–Trinajstić information content (AvgIpc) is 2.73. The van der Waals surface area contributed by atoms with Crippen LogP contribution in [-0.4, -0.2) is 26.8 Å². The third kappa shape index (κ3) is 14.8.